The molecule has 7 nitrogen and oxygen atoms in total. The quantitative estimate of drug-likeness (QED) is 0.313. The van der Waals surface area contributed by atoms with Crippen molar-refractivity contribution in [1.29, 1.82) is 0 Å². The van der Waals surface area contributed by atoms with Crippen molar-refractivity contribution in [3.8, 4) is 0 Å². The highest BCUT2D eigenvalue weighted by Crippen LogP contribution is 2.30. The Kier molecular flexibility index (Phi) is 9.67. The molecule has 2 atom stereocenters. The number of carbonyl (C=O) groups excluding carboxylic acids is 2. The van der Waals surface area contributed by atoms with Crippen LogP contribution in [0.2, 0.25) is 0 Å². The average molecular weight is 607 g/mol. The Hall–Kier alpha value is -3.94. The Bertz CT molecular complexity index is 1690. The molecule has 1 N–H and O–H groups in total. The summed E-state index contributed by atoms with van der Waals surface area (Å²) in [4.78, 5) is 31.6. The number of carbonyl (C=O) groups is 2. The minimum Gasteiger partial charge on any atom is -0.495 e. The lowest BCUT2D eigenvalue weighted by atomic mass is 10.0. The Morgan fingerprint density at radius 3 is 2.58 bits per heavy atom. The summed E-state index contributed by atoms with van der Waals surface area (Å²) < 4.78 is 8.03. The molecular formula is C38H46N4O3. The first-order chi connectivity index (χ1) is 21.9. The monoisotopic (exact) mass is 606 g/mol. The number of ketones is 1. The van der Waals surface area contributed by atoms with Gasteiger partial charge in [-0.15, -0.1) is 0 Å². The van der Waals surface area contributed by atoms with E-state index < -0.39 is 0 Å². The Morgan fingerprint density at radius 2 is 1.82 bits per heavy atom. The highest BCUT2D eigenvalue weighted by Gasteiger charge is 2.39. The zero-order chi connectivity index (χ0) is 31.3. The van der Waals surface area contributed by atoms with E-state index in [1.54, 1.807) is 7.11 Å². The van der Waals surface area contributed by atoms with Crippen LogP contribution in [0.15, 0.2) is 66.9 Å². The fourth-order valence-electron chi connectivity index (χ4n) is 7.35. The molecule has 7 heteroatoms. The number of amides is 1. The van der Waals surface area contributed by atoms with Crippen molar-refractivity contribution >= 4 is 23.5 Å². The minimum absolute atomic E-state index is 0.0630. The van der Waals surface area contributed by atoms with Gasteiger partial charge in [-0.05, 0) is 67.9 Å². The van der Waals surface area contributed by atoms with Crippen LogP contribution in [-0.2, 0) is 24.2 Å². The average Bonchev–Trinajstić information content (AvgIpc) is 3.42. The third-order valence-electron chi connectivity index (χ3n) is 9.79. The molecular weight excluding hydrogens is 560 g/mol. The molecule has 3 aliphatic rings. The predicted molar refractivity (Wildman–Crippen MR) is 179 cm³/mol. The maximum absolute atomic E-state index is 13.5. The summed E-state index contributed by atoms with van der Waals surface area (Å²) in [6.45, 7) is 8.88. The molecule has 3 heterocycles. The van der Waals surface area contributed by atoms with Gasteiger partial charge in [0.1, 0.15) is 5.76 Å². The van der Waals surface area contributed by atoms with Gasteiger partial charge in [-0.1, -0.05) is 61.5 Å². The summed E-state index contributed by atoms with van der Waals surface area (Å²) in [5, 5.41) is 5.08. The fourth-order valence-corrected chi connectivity index (χ4v) is 7.35. The number of methoxy groups -OCH3 is 1. The number of nitrogens with zero attached hydrogens (tertiary/aromatic N) is 3. The van der Waals surface area contributed by atoms with Crippen LogP contribution in [0, 0.1) is 6.92 Å². The van der Waals surface area contributed by atoms with Gasteiger partial charge in [0, 0.05) is 61.8 Å². The van der Waals surface area contributed by atoms with Crippen molar-refractivity contribution in [2.75, 3.05) is 33.3 Å². The largest absolute Gasteiger partial charge is 0.495 e. The number of aryl methyl sites for hydroxylation is 3. The van der Waals surface area contributed by atoms with Gasteiger partial charge in [0.2, 0.25) is 0 Å². The SMILES string of the molecule is CCc1cccc(C(=O)CN2CC3CCC(C2)N3CCCn2cc(C(=O)NCc3ccccc3C)c3c2=C(OC)C=CCC=3)c1. The summed E-state index contributed by atoms with van der Waals surface area (Å²) in [5.41, 5.74) is 5.03. The van der Waals surface area contributed by atoms with Gasteiger partial charge < -0.3 is 14.6 Å². The van der Waals surface area contributed by atoms with E-state index in [0.29, 0.717) is 30.7 Å². The fraction of sp³-hybridized carbons (Fsp3) is 0.421. The van der Waals surface area contributed by atoms with Gasteiger partial charge in [0.15, 0.2) is 5.78 Å². The number of hydrogen-bond donors (Lipinski definition) is 1. The Morgan fingerprint density at radius 1 is 1.02 bits per heavy atom. The second-order valence-corrected chi connectivity index (χ2v) is 12.7. The predicted octanol–water partition coefficient (Wildman–Crippen LogP) is 4.21. The van der Waals surface area contributed by atoms with Gasteiger partial charge in [-0.2, -0.15) is 0 Å². The van der Waals surface area contributed by atoms with Crippen LogP contribution in [0.4, 0.5) is 0 Å². The molecule has 3 aromatic rings. The molecule has 0 saturated carbocycles. The highest BCUT2D eigenvalue weighted by molar-refractivity contribution is 5.97. The van der Waals surface area contributed by atoms with Crippen molar-refractivity contribution in [3.63, 3.8) is 0 Å². The molecule has 2 aromatic carbocycles. The summed E-state index contributed by atoms with van der Waals surface area (Å²) in [5.74, 6) is 0.952. The van der Waals surface area contributed by atoms with Crippen molar-refractivity contribution in [1.82, 2.24) is 19.7 Å². The van der Waals surface area contributed by atoms with Crippen LogP contribution >= 0.6 is 0 Å². The molecule has 2 bridgehead atoms. The second kappa shape index (κ2) is 14.0. The highest BCUT2D eigenvalue weighted by atomic mass is 16.5. The van der Waals surface area contributed by atoms with Crippen LogP contribution in [0.25, 0.3) is 11.8 Å². The Labute approximate surface area is 266 Å². The van der Waals surface area contributed by atoms with Crippen LogP contribution in [0.1, 0.15) is 70.0 Å². The molecule has 0 radical (unpaired) electrons. The molecule has 1 aromatic heterocycles. The molecule has 2 unspecified atom stereocenters. The molecule has 0 spiro atoms. The number of aromatic nitrogens is 1. The van der Waals surface area contributed by atoms with E-state index in [1.807, 2.05) is 42.6 Å². The molecule has 2 fully saturated rings. The van der Waals surface area contributed by atoms with E-state index in [9.17, 15) is 9.59 Å². The van der Waals surface area contributed by atoms with Crippen molar-refractivity contribution < 1.29 is 14.3 Å². The van der Waals surface area contributed by atoms with E-state index in [4.69, 9.17) is 4.74 Å². The van der Waals surface area contributed by atoms with Crippen molar-refractivity contribution in [3.05, 3.63) is 105 Å². The standard InChI is InChI=1S/C38H46N4O3/c1-4-28-12-9-14-29(21-28)35(43)26-40-23-31-17-18-32(24-40)42(31)20-10-19-41-25-34(33-15-7-8-16-36(45-3)37(33)41)38(44)39-22-30-13-6-5-11-27(30)2/h5-6,8-9,11-16,21,25,31-32H,4,7,10,17-20,22-24,26H2,1-3H3,(H,39,44). The lowest BCUT2D eigenvalue weighted by Gasteiger charge is -2.41. The van der Waals surface area contributed by atoms with Crippen molar-refractivity contribution in [2.45, 2.75) is 71.1 Å². The van der Waals surface area contributed by atoms with Gasteiger partial charge in [-0.3, -0.25) is 19.4 Å². The van der Waals surface area contributed by atoms with E-state index in [0.717, 1.165) is 72.9 Å². The van der Waals surface area contributed by atoms with Gasteiger partial charge >= 0.3 is 0 Å². The van der Waals surface area contributed by atoms with E-state index in [-0.39, 0.29) is 11.7 Å². The first-order valence-electron chi connectivity index (χ1n) is 16.5. The molecule has 6 rings (SSSR count). The lowest BCUT2D eigenvalue weighted by Crippen LogP contribution is -2.54. The number of rotatable bonds is 12. The zero-order valence-corrected chi connectivity index (χ0v) is 26.9. The van der Waals surface area contributed by atoms with Crippen LogP contribution in [0.5, 0.6) is 0 Å². The van der Waals surface area contributed by atoms with Crippen LogP contribution < -0.4 is 15.9 Å². The number of hydrogen-bond acceptors (Lipinski definition) is 5. The van der Waals surface area contributed by atoms with Gasteiger partial charge in [0.05, 0.1) is 24.6 Å². The normalized spacial score (nSPS) is 19.6. The third kappa shape index (κ3) is 6.85. The van der Waals surface area contributed by atoms with Crippen LogP contribution in [-0.4, -0.2) is 71.4 Å². The molecule has 45 heavy (non-hydrogen) atoms. The maximum atomic E-state index is 13.5. The van der Waals surface area contributed by atoms with Crippen LogP contribution in [0.3, 0.4) is 0 Å². The number of Topliss-reactive ketones (excluding diaryl/α,β-unsaturated/α-hetero) is 1. The second-order valence-electron chi connectivity index (χ2n) is 12.7. The number of ether oxygens (including phenoxy) is 1. The number of nitrogens with one attached hydrogen (secondary N) is 1. The molecule has 2 saturated heterocycles. The summed E-state index contributed by atoms with van der Waals surface area (Å²) >= 11 is 0. The minimum atomic E-state index is -0.0630. The van der Waals surface area contributed by atoms with E-state index in [2.05, 4.69) is 63.9 Å². The first-order valence-corrected chi connectivity index (χ1v) is 16.5. The number of benzene rings is 2. The first kappa shape index (κ1) is 31.1. The zero-order valence-electron chi connectivity index (χ0n) is 26.9. The third-order valence-corrected chi connectivity index (χ3v) is 9.79. The molecule has 1 aliphatic carbocycles. The molecule has 1 amide bonds. The summed E-state index contributed by atoms with van der Waals surface area (Å²) in [6.07, 6.45) is 13.3. The van der Waals surface area contributed by atoms with Crippen molar-refractivity contribution in [2.24, 2.45) is 0 Å². The number of piperazine rings is 1. The number of fused-ring (bicyclic) bond motifs is 3. The van der Waals surface area contributed by atoms with Gasteiger partial charge in [0.25, 0.3) is 5.91 Å². The Balaban J connectivity index is 1.11. The molecule has 2 aliphatic heterocycles. The smallest absolute Gasteiger partial charge is 0.253 e. The summed E-state index contributed by atoms with van der Waals surface area (Å²) in [6, 6.07) is 17.2. The number of likely N-dealkylation sites (tertiary alicyclic amines) is 1. The lowest BCUT2D eigenvalue weighted by molar-refractivity contribution is 0.0587. The summed E-state index contributed by atoms with van der Waals surface area (Å²) in [7, 11) is 1.70. The topological polar surface area (TPSA) is 66.8 Å². The molecule has 236 valence electrons. The van der Waals surface area contributed by atoms with E-state index >= 15 is 0 Å². The van der Waals surface area contributed by atoms with Gasteiger partial charge in [-0.25, -0.2) is 0 Å². The van der Waals surface area contributed by atoms with E-state index in [1.165, 1.54) is 24.0 Å². The maximum Gasteiger partial charge on any atom is 0.253 e. The number of allylic oxidation sites excluding steroid dienone is 1.